The Balaban J connectivity index is 1.36. The molecule has 0 radical (unpaired) electrons. The third kappa shape index (κ3) is 3.41. The summed E-state index contributed by atoms with van der Waals surface area (Å²) < 4.78 is 17.7. The molecular formula is C20H30O4. The van der Waals surface area contributed by atoms with Crippen molar-refractivity contribution in [2.24, 2.45) is 11.8 Å². The molecule has 4 aliphatic carbocycles. The van der Waals surface area contributed by atoms with E-state index in [9.17, 15) is 4.79 Å². The maximum absolute atomic E-state index is 12.1. The lowest BCUT2D eigenvalue weighted by Gasteiger charge is -2.60. The van der Waals surface area contributed by atoms with Gasteiger partial charge >= 0.3 is 5.97 Å². The molecule has 0 N–H and O–H groups in total. The van der Waals surface area contributed by atoms with Gasteiger partial charge in [-0.15, -0.1) is 0 Å². The van der Waals surface area contributed by atoms with Crippen LogP contribution >= 0.6 is 0 Å². The predicted molar refractivity (Wildman–Crippen MR) is 90.6 cm³/mol. The molecule has 1 heterocycles. The molecule has 0 aromatic carbocycles. The zero-order valence-electron chi connectivity index (χ0n) is 14.9. The summed E-state index contributed by atoms with van der Waals surface area (Å²) in [4.78, 5) is 12.1. The third-order valence-corrected chi connectivity index (χ3v) is 6.34. The van der Waals surface area contributed by atoms with E-state index in [0.29, 0.717) is 23.5 Å². The number of hydrogen-bond donors (Lipinski definition) is 0. The van der Waals surface area contributed by atoms with Gasteiger partial charge < -0.3 is 14.2 Å². The van der Waals surface area contributed by atoms with Crippen molar-refractivity contribution in [1.82, 2.24) is 0 Å². The van der Waals surface area contributed by atoms with Crippen molar-refractivity contribution in [2.45, 2.75) is 82.0 Å². The van der Waals surface area contributed by atoms with Gasteiger partial charge in [0.2, 0.25) is 0 Å². The number of carbonyl (C=O) groups is 1. The van der Waals surface area contributed by atoms with Crippen LogP contribution in [0, 0.1) is 11.8 Å². The molecule has 1 saturated heterocycles. The zero-order chi connectivity index (χ0) is 16.8. The minimum atomic E-state index is -0.290. The Morgan fingerprint density at radius 3 is 2.46 bits per heavy atom. The summed E-state index contributed by atoms with van der Waals surface area (Å²) in [5.41, 5.74) is 0.167. The lowest BCUT2D eigenvalue weighted by atomic mass is 9.52. The minimum absolute atomic E-state index is 0.0461. The van der Waals surface area contributed by atoms with Crippen LogP contribution in [0.5, 0.6) is 0 Å². The van der Waals surface area contributed by atoms with Crippen molar-refractivity contribution < 1.29 is 19.0 Å². The summed E-state index contributed by atoms with van der Waals surface area (Å²) in [6, 6.07) is 0. The summed E-state index contributed by atoms with van der Waals surface area (Å²) >= 11 is 0. The summed E-state index contributed by atoms with van der Waals surface area (Å²) in [5, 5.41) is 0. The van der Waals surface area contributed by atoms with Crippen LogP contribution in [-0.4, -0.2) is 36.5 Å². The van der Waals surface area contributed by atoms with Gasteiger partial charge in [-0.2, -0.15) is 0 Å². The Hall–Kier alpha value is -0.870. The van der Waals surface area contributed by atoms with Gasteiger partial charge in [-0.3, -0.25) is 0 Å². The van der Waals surface area contributed by atoms with Gasteiger partial charge in [0.05, 0.1) is 18.3 Å². The number of hydrogen-bond acceptors (Lipinski definition) is 4. The van der Waals surface area contributed by atoms with Crippen LogP contribution in [0.4, 0.5) is 0 Å². The molecule has 0 spiro atoms. The fourth-order valence-electron chi connectivity index (χ4n) is 5.67. The van der Waals surface area contributed by atoms with E-state index in [1.54, 1.807) is 6.92 Å². The third-order valence-electron chi connectivity index (χ3n) is 6.34. The van der Waals surface area contributed by atoms with Crippen molar-refractivity contribution in [1.29, 1.82) is 0 Å². The van der Waals surface area contributed by atoms with E-state index in [2.05, 4.69) is 6.58 Å². The maximum atomic E-state index is 12.1. The molecule has 4 saturated carbocycles. The Labute approximate surface area is 144 Å². The predicted octanol–water partition coefficient (Wildman–Crippen LogP) is 3.78. The van der Waals surface area contributed by atoms with E-state index < -0.39 is 0 Å². The molecule has 24 heavy (non-hydrogen) atoms. The first-order valence-corrected chi connectivity index (χ1v) is 9.62. The van der Waals surface area contributed by atoms with Crippen LogP contribution in [0.25, 0.3) is 0 Å². The first kappa shape index (κ1) is 16.6. The average Bonchev–Trinajstić information content (AvgIpc) is 3.29. The molecule has 3 atom stereocenters. The van der Waals surface area contributed by atoms with Crippen molar-refractivity contribution in [3.05, 3.63) is 12.2 Å². The fourth-order valence-corrected chi connectivity index (χ4v) is 5.67. The smallest absolute Gasteiger partial charge is 0.333 e. The van der Waals surface area contributed by atoms with Gasteiger partial charge in [-0.05, 0) is 70.1 Å². The molecule has 4 nitrogen and oxygen atoms in total. The molecule has 0 amide bonds. The Bertz CT molecular complexity index is 508. The van der Waals surface area contributed by atoms with Gasteiger partial charge in [0.15, 0.2) is 0 Å². The second-order valence-corrected chi connectivity index (χ2v) is 8.80. The summed E-state index contributed by atoms with van der Waals surface area (Å²) in [6.45, 7) is 7.26. The van der Waals surface area contributed by atoms with Crippen LogP contribution in [0.2, 0.25) is 0 Å². The molecule has 1 aliphatic heterocycles. The van der Waals surface area contributed by atoms with Crippen molar-refractivity contribution in [2.75, 3.05) is 13.2 Å². The van der Waals surface area contributed by atoms with Crippen LogP contribution in [0.3, 0.4) is 0 Å². The van der Waals surface area contributed by atoms with E-state index in [-0.39, 0.29) is 17.2 Å². The minimum Gasteiger partial charge on any atom is -0.456 e. The SMILES string of the molecule is C=C(C)C(=O)OC12CC3CC(CC(OCCCCC4CO4)(C3)C1)C2. The van der Waals surface area contributed by atoms with Gasteiger partial charge in [-0.25, -0.2) is 4.79 Å². The van der Waals surface area contributed by atoms with Crippen LogP contribution < -0.4 is 0 Å². The van der Waals surface area contributed by atoms with Gasteiger partial charge in [0, 0.05) is 18.6 Å². The molecular weight excluding hydrogens is 304 g/mol. The number of esters is 1. The summed E-state index contributed by atoms with van der Waals surface area (Å²) in [7, 11) is 0. The number of epoxide rings is 1. The molecule has 134 valence electrons. The fraction of sp³-hybridized carbons (Fsp3) is 0.850. The summed E-state index contributed by atoms with van der Waals surface area (Å²) in [6.07, 6.45) is 10.5. The van der Waals surface area contributed by atoms with Gasteiger partial charge in [0.25, 0.3) is 0 Å². The summed E-state index contributed by atoms with van der Waals surface area (Å²) in [5.74, 6) is 1.09. The molecule has 4 heteroatoms. The van der Waals surface area contributed by atoms with E-state index in [4.69, 9.17) is 14.2 Å². The van der Waals surface area contributed by atoms with E-state index in [1.807, 2.05) is 0 Å². The molecule has 0 aromatic rings. The van der Waals surface area contributed by atoms with Crippen LogP contribution in [-0.2, 0) is 19.0 Å². The second kappa shape index (κ2) is 6.14. The first-order valence-electron chi connectivity index (χ1n) is 9.62. The highest BCUT2D eigenvalue weighted by Crippen LogP contribution is 2.60. The molecule has 5 aliphatic rings. The van der Waals surface area contributed by atoms with Gasteiger partial charge in [0.1, 0.15) is 5.60 Å². The average molecular weight is 334 g/mol. The van der Waals surface area contributed by atoms with Crippen LogP contribution in [0.15, 0.2) is 12.2 Å². The quantitative estimate of drug-likeness (QED) is 0.293. The lowest BCUT2D eigenvalue weighted by molar-refractivity contribution is -0.232. The molecule has 0 aromatic heterocycles. The van der Waals surface area contributed by atoms with Gasteiger partial charge in [-0.1, -0.05) is 6.58 Å². The number of carbonyl (C=O) groups excluding carboxylic acids is 1. The molecule has 4 bridgehead atoms. The lowest BCUT2D eigenvalue weighted by Crippen LogP contribution is -2.61. The Morgan fingerprint density at radius 2 is 1.83 bits per heavy atom. The molecule has 3 unspecified atom stereocenters. The number of rotatable bonds is 8. The van der Waals surface area contributed by atoms with Crippen molar-refractivity contribution in [3.8, 4) is 0 Å². The monoisotopic (exact) mass is 334 g/mol. The first-order chi connectivity index (χ1) is 11.5. The number of ether oxygens (including phenoxy) is 3. The normalized spacial score (nSPS) is 42.1. The highest BCUT2D eigenvalue weighted by Gasteiger charge is 2.60. The van der Waals surface area contributed by atoms with E-state index >= 15 is 0 Å². The Kier molecular flexibility index (Phi) is 4.24. The molecule has 5 rings (SSSR count). The highest BCUT2D eigenvalue weighted by molar-refractivity contribution is 5.87. The topological polar surface area (TPSA) is 48.1 Å². The van der Waals surface area contributed by atoms with Crippen molar-refractivity contribution >= 4 is 5.97 Å². The number of unbranched alkanes of at least 4 members (excludes halogenated alkanes) is 1. The zero-order valence-corrected chi connectivity index (χ0v) is 14.9. The van der Waals surface area contributed by atoms with E-state index in [0.717, 1.165) is 51.7 Å². The molecule has 5 fully saturated rings. The van der Waals surface area contributed by atoms with E-state index in [1.165, 1.54) is 19.3 Å². The largest absolute Gasteiger partial charge is 0.456 e. The maximum Gasteiger partial charge on any atom is 0.333 e. The second-order valence-electron chi connectivity index (χ2n) is 8.80. The van der Waals surface area contributed by atoms with Crippen molar-refractivity contribution in [3.63, 3.8) is 0 Å². The highest BCUT2D eigenvalue weighted by atomic mass is 16.6. The standard InChI is InChI=1S/C20H30O4/c1-14(2)18(21)24-20-10-15-7-16(11-20)9-19(8-15,13-20)23-6-4-3-5-17-12-22-17/h15-17H,1,3-13H2,2H3. The Morgan fingerprint density at radius 1 is 1.17 bits per heavy atom. The van der Waals surface area contributed by atoms with Crippen LogP contribution in [0.1, 0.15) is 64.7 Å².